The van der Waals surface area contributed by atoms with Gasteiger partial charge in [-0.1, -0.05) is 6.42 Å². The van der Waals surface area contributed by atoms with Crippen molar-refractivity contribution in [2.75, 3.05) is 43.9 Å². The number of hydrogen-bond donors (Lipinski definition) is 2. The van der Waals surface area contributed by atoms with Gasteiger partial charge in [0.1, 0.15) is 17.5 Å². The molecule has 5 heteroatoms. The molecule has 1 aliphatic heterocycles. The van der Waals surface area contributed by atoms with Crippen molar-refractivity contribution >= 4 is 11.6 Å². The largest absolute Gasteiger partial charge is 0.373 e. The van der Waals surface area contributed by atoms with Crippen LogP contribution in [-0.4, -0.2) is 48.1 Å². The molecule has 100 valence electrons. The molecule has 2 heterocycles. The standard InChI is InChI=1S/C13H23N5/c1-11-16-12(14-2)10-13(17-11)15-6-9-18-7-4-3-5-8-18/h10H,3-9H2,1-2H3,(H2,14,15,16,17). The Labute approximate surface area is 109 Å². The van der Waals surface area contributed by atoms with E-state index in [4.69, 9.17) is 0 Å². The van der Waals surface area contributed by atoms with Gasteiger partial charge in [-0.2, -0.15) is 0 Å². The van der Waals surface area contributed by atoms with Gasteiger partial charge in [-0.25, -0.2) is 9.97 Å². The molecule has 0 amide bonds. The zero-order valence-electron chi connectivity index (χ0n) is 11.4. The van der Waals surface area contributed by atoms with Crippen molar-refractivity contribution in [2.45, 2.75) is 26.2 Å². The number of rotatable bonds is 5. The maximum atomic E-state index is 4.38. The van der Waals surface area contributed by atoms with Gasteiger partial charge in [-0.15, -0.1) is 0 Å². The predicted octanol–water partition coefficient (Wildman–Crippen LogP) is 1.72. The summed E-state index contributed by atoms with van der Waals surface area (Å²) in [7, 11) is 1.87. The van der Waals surface area contributed by atoms with Crippen LogP contribution in [0.15, 0.2) is 6.07 Å². The molecule has 0 atom stereocenters. The van der Waals surface area contributed by atoms with Gasteiger partial charge in [0.25, 0.3) is 0 Å². The van der Waals surface area contributed by atoms with Gasteiger partial charge >= 0.3 is 0 Å². The molecular weight excluding hydrogens is 226 g/mol. The minimum atomic E-state index is 0.794. The van der Waals surface area contributed by atoms with E-state index in [0.29, 0.717) is 0 Å². The van der Waals surface area contributed by atoms with Crippen molar-refractivity contribution in [1.29, 1.82) is 0 Å². The fourth-order valence-electron chi connectivity index (χ4n) is 2.31. The number of aromatic nitrogens is 2. The summed E-state index contributed by atoms with van der Waals surface area (Å²) in [6, 6.07) is 1.95. The van der Waals surface area contributed by atoms with Gasteiger partial charge in [0, 0.05) is 26.2 Å². The summed E-state index contributed by atoms with van der Waals surface area (Å²) in [5, 5.41) is 6.42. The van der Waals surface area contributed by atoms with E-state index in [0.717, 1.165) is 30.5 Å². The third-order valence-electron chi connectivity index (χ3n) is 3.28. The number of nitrogens with zero attached hydrogens (tertiary/aromatic N) is 3. The molecule has 5 nitrogen and oxygen atoms in total. The van der Waals surface area contributed by atoms with Crippen molar-refractivity contribution in [3.63, 3.8) is 0 Å². The molecule has 0 bridgehead atoms. The number of piperidine rings is 1. The van der Waals surface area contributed by atoms with E-state index in [1.807, 2.05) is 20.0 Å². The second-order valence-electron chi connectivity index (χ2n) is 4.76. The number of likely N-dealkylation sites (tertiary alicyclic amines) is 1. The average Bonchev–Trinajstić information content (AvgIpc) is 2.39. The van der Waals surface area contributed by atoms with E-state index in [9.17, 15) is 0 Å². The molecule has 1 aliphatic rings. The summed E-state index contributed by atoms with van der Waals surface area (Å²) in [6.45, 7) is 6.44. The Hall–Kier alpha value is -1.36. The van der Waals surface area contributed by atoms with Gasteiger partial charge < -0.3 is 15.5 Å². The maximum Gasteiger partial charge on any atom is 0.131 e. The highest BCUT2D eigenvalue weighted by atomic mass is 15.2. The first-order valence-corrected chi connectivity index (χ1v) is 6.77. The van der Waals surface area contributed by atoms with Crippen LogP contribution in [0.4, 0.5) is 11.6 Å². The van der Waals surface area contributed by atoms with Crippen LogP contribution in [0, 0.1) is 6.92 Å². The van der Waals surface area contributed by atoms with Crippen LogP contribution in [0.2, 0.25) is 0 Å². The van der Waals surface area contributed by atoms with E-state index in [1.54, 1.807) is 0 Å². The molecular formula is C13H23N5. The topological polar surface area (TPSA) is 53.1 Å². The molecule has 0 aromatic carbocycles. The molecule has 2 rings (SSSR count). The predicted molar refractivity (Wildman–Crippen MR) is 75.1 cm³/mol. The zero-order chi connectivity index (χ0) is 12.8. The molecule has 1 aromatic rings. The summed E-state index contributed by atoms with van der Waals surface area (Å²) < 4.78 is 0. The minimum absolute atomic E-state index is 0.794. The lowest BCUT2D eigenvalue weighted by Gasteiger charge is -2.26. The number of aryl methyl sites for hydroxylation is 1. The lowest BCUT2D eigenvalue weighted by molar-refractivity contribution is 0.237. The monoisotopic (exact) mass is 249 g/mol. The van der Waals surface area contributed by atoms with E-state index in [-0.39, 0.29) is 0 Å². The first-order chi connectivity index (χ1) is 8.78. The Morgan fingerprint density at radius 1 is 1.17 bits per heavy atom. The Balaban J connectivity index is 1.80. The number of nitrogens with one attached hydrogen (secondary N) is 2. The van der Waals surface area contributed by atoms with Crippen molar-refractivity contribution in [1.82, 2.24) is 14.9 Å². The summed E-state index contributed by atoms with van der Waals surface area (Å²) in [4.78, 5) is 11.2. The van der Waals surface area contributed by atoms with Crippen molar-refractivity contribution in [2.24, 2.45) is 0 Å². The fraction of sp³-hybridized carbons (Fsp3) is 0.692. The molecule has 1 fully saturated rings. The quantitative estimate of drug-likeness (QED) is 0.832. The fourth-order valence-corrected chi connectivity index (χ4v) is 2.31. The molecule has 0 aliphatic carbocycles. The van der Waals surface area contributed by atoms with Crippen LogP contribution < -0.4 is 10.6 Å². The molecule has 18 heavy (non-hydrogen) atoms. The van der Waals surface area contributed by atoms with Gasteiger partial charge in [0.2, 0.25) is 0 Å². The lowest BCUT2D eigenvalue weighted by Crippen LogP contribution is -2.33. The van der Waals surface area contributed by atoms with Crippen molar-refractivity contribution in [3.8, 4) is 0 Å². The van der Waals surface area contributed by atoms with Crippen LogP contribution >= 0.6 is 0 Å². The summed E-state index contributed by atoms with van der Waals surface area (Å²) >= 11 is 0. The summed E-state index contributed by atoms with van der Waals surface area (Å²) in [5.41, 5.74) is 0. The summed E-state index contributed by atoms with van der Waals surface area (Å²) in [6.07, 6.45) is 4.08. The van der Waals surface area contributed by atoms with E-state index in [1.165, 1.54) is 32.4 Å². The highest BCUT2D eigenvalue weighted by molar-refractivity contribution is 5.47. The van der Waals surface area contributed by atoms with Crippen LogP contribution in [0.1, 0.15) is 25.1 Å². The van der Waals surface area contributed by atoms with E-state index < -0.39 is 0 Å². The summed E-state index contributed by atoms with van der Waals surface area (Å²) in [5.74, 6) is 2.56. The van der Waals surface area contributed by atoms with E-state index in [2.05, 4.69) is 25.5 Å². The van der Waals surface area contributed by atoms with Crippen LogP contribution in [0.25, 0.3) is 0 Å². The smallest absolute Gasteiger partial charge is 0.131 e. The normalized spacial score (nSPS) is 16.6. The van der Waals surface area contributed by atoms with Gasteiger partial charge in [-0.05, 0) is 32.9 Å². The van der Waals surface area contributed by atoms with Gasteiger partial charge in [0.15, 0.2) is 0 Å². The zero-order valence-corrected chi connectivity index (χ0v) is 11.4. The SMILES string of the molecule is CNc1cc(NCCN2CCCCC2)nc(C)n1. The molecule has 0 radical (unpaired) electrons. The lowest BCUT2D eigenvalue weighted by atomic mass is 10.1. The molecule has 0 spiro atoms. The second-order valence-corrected chi connectivity index (χ2v) is 4.76. The average molecular weight is 249 g/mol. The van der Waals surface area contributed by atoms with Gasteiger partial charge in [0.05, 0.1) is 0 Å². The molecule has 1 saturated heterocycles. The first kappa shape index (κ1) is 13.1. The van der Waals surface area contributed by atoms with Crippen molar-refractivity contribution in [3.05, 3.63) is 11.9 Å². The third-order valence-corrected chi connectivity index (χ3v) is 3.28. The van der Waals surface area contributed by atoms with E-state index >= 15 is 0 Å². The third kappa shape index (κ3) is 3.84. The number of hydrogen-bond acceptors (Lipinski definition) is 5. The van der Waals surface area contributed by atoms with Crippen LogP contribution in [-0.2, 0) is 0 Å². The molecule has 0 unspecified atom stereocenters. The molecule has 0 saturated carbocycles. The Morgan fingerprint density at radius 2 is 1.89 bits per heavy atom. The highest BCUT2D eigenvalue weighted by Crippen LogP contribution is 2.11. The van der Waals surface area contributed by atoms with Crippen LogP contribution in [0.3, 0.4) is 0 Å². The highest BCUT2D eigenvalue weighted by Gasteiger charge is 2.09. The van der Waals surface area contributed by atoms with Gasteiger partial charge in [-0.3, -0.25) is 0 Å². The first-order valence-electron chi connectivity index (χ1n) is 6.77. The number of anilines is 2. The molecule has 1 aromatic heterocycles. The second kappa shape index (κ2) is 6.54. The molecule has 2 N–H and O–H groups in total. The maximum absolute atomic E-state index is 4.38. The van der Waals surface area contributed by atoms with Crippen LogP contribution in [0.5, 0.6) is 0 Å². The Bertz CT molecular complexity index is 374. The Kier molecular flexibility index (Phi) is 4.75. The minimum Gasteiger partial charge on any atom is -0.373 e. The van der Waals surface area contributed by atoms with Crippen molar-refractivity contribution < 1.29 is 0 Å². The Morgan fingerprint density at radius 3 is 2.61 bits per heavy atom.